The Hall–Kier alpha value is -3.54. The number of phenolic OH excluding ortho intramolecular Hbond substituents is 1. The summed E-state index contributed by atoms with van der Waals surface area (Å²) in [7, 11) is 1.45. The second kappa shape index (κ2) is 8.43. The molecular formula is C22H21NO5. The molecule has 6 nitrogen and oxygen atoms in total. The Bertz CT molecular complexity index is 1010. The van der Waals surface area contributed by atoms with E-state index in [0.29, 0.717) is 5.75 Å². The zero-order chi connectivity index (χ0) is 20.1. The largest absolute Gasteiger partial charge is 0.507 e. The SMILES string of the molecule is COc1ccc(C(=O)OCC(=O)NC(C)c2cccc3ccccc23)c(O)c1. The lowest BCUT2D eigenvalue weighted by Gasteiger charge is -2.16. The van der Waals surface area contributed by atoms with Crippen molar-refractivity contribution >= 4 is 22.6 Å². The summed E-state index contributed by atoms with van der Waals surface area (Å²) in [6.45, 7) is 1.43. The number of aromatic hydroxyl groups is 1. The van der Waals surface area contributed by atoms with Gasteiger partial charge >= 0.3 is 5.97 Å². The van der Waals surface area contributed by atoms with E-state index in [4.69, 9.17) is 9.47 Å². The predicted octanol–water partition coefficient (Wildman–Crippen LogP) is 3.59. The summed E-state index contributed by atoms with van der Waals surface area (Å²) >= 11 is 0. The monoisotopic (exact) mass is 379 g/mol. The molecule has 0 fully saturated rings. The van der Waals surface area contributed by atoms with Crippen molar-refractivity contribution in [2.24, 2.45) is 0 Å². The van der Waals surface area contributed by atoms with Crippen molar-refractivity contribution in [3.05, 3.63) is 71.8 Å². The molecule has 0 spiro atoms. The van der Waals surface area contributed by atoms with Crippen molar-refractivity contribution in [1.82, 2.24) is 5.32 Å². The maximum Gasteiger partial charge on any atom is 0.342 e. The molecule has 0 bridgehead atoms. The maximum absolute atomic E-state index is 12.2. The Balaban J connectivity index is 1.61. The molecule has 3 rings (SSSR count). The Labute approximate surface area is 162 Å². The molecule has 28 heavy (non-hydrogen) atoms. The normalized spacial score (nSPS) is 11.6. The molecule has 1 amide bonds. The molecular weight excluding hydrogens is 358 g/mol. The number of methoxy groups -OCH3 is 1. The molecule has 144 valence electrons. The number of rotatable bonds is 6. The van der Waals surface area contributed by atoms with E-state index in [9.17, 15) is 14.7 Å². The molecule has 0 saturated heterocycles. The van der Waals surface area contributed by atoms with Crippen LogP contribution in [-0.2, 0) is 9.53 Å². The Kier molecular flexibility index (Phi) is 5.79. The summed E-state index contributed by atoms with van der Waals surface area (Å²) in [6, 6.07) is 17.8. The lowest BCUT2D eigenvalue weighted by atomic mass is 10.00. The summed E-state index contributed by atoms with van der Waals surface area (Å²) in [5.41, 5.74) is 0.946. The lowest BCUT2D eigenvalue weighted by Crippen LogP contribution is -2.31. The first kappa shape index (κ1) is 19.2. The van der Waals surface area contributed by atoms with Crippen molar-refractivity contribution in [1.29, 1.82) is 0 Å². The molecule has 3 aromatic carbocycles. The van der Waals surface area contributed by atoms with Crippen LogP contribution in [0.15, 0.2) is 60.7 Å². The first-order valence-corrected chi connectivity index (χ1v) is 8.80. The zero-order valence-electron chi connectivity index (χ0n) is 15.6. The van der Waals surface area contributed by atoms with Crippen LogP contribution in [0.5, 0.6) is 11.5 Å². The van der Waals surface area contributed by atoms with E-state index in [1.807, 2.05) is 49.4 Å². The highest BCUT2D eigenvalue weighted by atomic mass is 16.5. The van der Waals surface area contributed by atoms with Gasteiger partial charge in [0.05, 0.1) is 13.2 Å². The molecule has 0 aromatic heterocycles. The van der Waals surface area contributed by atoms with E-state index in [1.54, 1.807) is 0 Å². The minimum absolute atomic E-state index is 0.0318. The molecule has 0 aliphatic rings. The molecule has 0 heterocycles. The third-order valence-corrected chi connectivity index (χ3v) is 4.43. The standard InChI is InChI=1S/C22H21NO5/c1-14(17-9-5-7-15-6-3-4-8-18(15)17)23-21(25)13-28-22(26)19-11-10-16(27-2)12-20(19)24/h3-12,14,24H,13H2,1-2H3,(H,23,25). The molecule has 0 aliphatic heterocycles. The number of ether oxygens (including phenoxy) is 2. The van der Waals surface area contributed by atoms with Gasteiger partial charge in [0, 0.05) is 6.07 Å². The highest BCUT2D eigenvalue weighted by Crippen LogP contribution is 2.25. The van der Waals surface area contributed by atoms with Crippen LogP contribution in [0.25, 0.3) is 10.8 Å². The van der Waals surface area contributed by atoms with E-state index in [-0.39, 0.29) is 17.4 Å². The molecule has 0 radical (unpaired) electrons. The van der Waals surface area contributed by atoms with Gasteiger partial charge in [-0.2, -0.15) is 0 Å². The minimum Gasteiger partial charge on any atom is -0.507 e. The van der Waals surface area contributed by atoms with E-state index in [1.165, 1.54) is 25.3 Å². The molecule has 0 saturated carbocycles. The number of phenols is 1. The molecule has 6 heteroatoms. The van der Waals surface area contributed by atoms with Gasteiger partial charge in [-0.25, -0.2) is 4.79 Å². The number of hydrogen-bond donors (Lipinski definition) is 2. The smallest absolute Gasteiger partial charge is 0.342 e. The summed E-state index contributed by atoms with van der Waals surface area (Å²) in [5.74, 6) is -1.07. The Morgan fingerprint density at radius 1 is 1.07 bits per heavy atom. The third kappa shape index (κ3) is 4.23. The fourth-order valence-electron chi connectivity index (χ4n) is 3.01. The summed E-state index contributed by atoms with van der Waals surface area (Å²) in [4.78, 5) is 24.3. The minimum atomic E-state index is -0.784. The van der Waals surface area contributed by atoms with E-state index in [2.05, 4.69) is 5.32 Å². The van der Waals surface area contributed by atoms with Gasteiger partial charge in [0.25, 0.3) is 5.91 Å². The second-order valence-electron chi connectivity index (χ2n) is 6.32. The number of hydrogen-bond acceptors (Lipinski definition) is 5. The Morgan fingerprint density at radius 3 is 2.57 bits per heavy atom. The van der Waals surface area contributed by atoms with Gasteiger partial charge in [0.2, 0.25) is 0 Å². The Morgan fingerprint density at radius 2 is 1.82 bits per heavy atom. The van der Waals surface area contributed by atoms with Gasteiger partial charge in [-0.1, -0.05) is 42.5 Å². The maximum atomic E-state index is 12.2. The van der Waals surface area contributed by atoms with Gasteiger partial charge < -0.3 is 19.9 Å². The molecule has 2 N–H and O–H groups in total. The van der Waals surface area contributed by atoms with Crippen molar-refractivity contribution in [2.75, 3.05) is 13.7 Å². The van der Waals surface area contributed by atoms with Gasteiger partial charge in [-0.3, -0.25) is 4.79 Å². The van der Waals surface area contributed by atoms with Crippen LogP contribution in [0, 0.1) is 0 Å². The first-order valence-electron chi connectivity index (χ1n) is 8.80. The summed E-state index contributed by atoms with van der Waals surface area (Å²) in [6.07, 6.45) is 0. The highest BCUT2D eigenvalue weighted by molar-refractivity contribution is 5.94. The molecule has 3 aromatic rings. The summed E-state index contributed by atoms with van der Waals surface area (Å²) < 4.78 is 9.98. The number of fused-ring (bicyclic) bond motifs is 1. The lowest BCUT2D eigenvalue weighted by molar-refractivity contribution is -0.124. The van der Waals surface area contributed by atoms with Crippen molar-refractivity contribution < 1.29 is 24.2 Å². The van der Waals surface area contributed by atoms with Gasteiger partial charge in [0.1, 0.15) is 17.1 Å². The predicted molar refractivity (Wildman–Crippen MR) is 105 cm³/mol. The number of esters is 1. The number of amides is 1. The number of carbonyl (C=O) groups excluding carboxylic acids is 2. The molecule has 0 aliphatic carbocycles. The topological polar surface area (TPSA) is 84.9 Å². The van der Waals surface area contributed by atoms with Crippen LogP contribution in [0.4, 0.5) is 0 Å². The second-order valence-corrected chi connectivity index (χ2v) is 6.32. The van der Waals surface area contributed by atoms with Crippen LogP contribution < -0.4 is 10.1 Å². The third-order valence-electron chi connectivity index (χ3n) is 4.43. The van der Waals surface area contributed by atoms with Gasteiger partial charge in [0.15, 0.2) is 6.61 Å². The fourth-order valence-corrected chi connectivity index (χ4v) is 3.01. The summed E-state index contributed by atoms with van der Waals surface area (Å²) in [5, 5.41) is 14.8. The number of benzene rings is 3. The fraction of sp³-hybridized carbons (Fsp3) is 0.182. The van der Waals surface area contributed by atoms with E-state index < -0.39 is 18.5 Å². The van der Waals surface area contributed by atoms with Gasteiger partial charge in [-0.05, 0) is 35.4 Å². The van der Waals surface area contributed by atoms with Gasteiger partial charge in [-0.15, -0.1) is 0 Å². The van der Waals surface area contributed by atoms with Crippen LogP contribution >= 0.6 is 0 Å². The zero-order valence-corrected chi connectivity index (χ0v) is 15.6. The van der Waals surface area contributed by atoms with Crippen molar-refractivity contribution in [2.45, 2.75) is 13.0 Å². The van der Waals surface area contributed by atoms with Crippen LogP contribution in [0.2, 0.25) is 0 Å². The van der Waals surface area contributed by atoms with Crippen LogP contribution in [0.3, 0.4) is 0 Å². The first-order chi connectivity index (χ1) is 13.5. The van der Waals surface area contributed by atoms with E-state index >= 15 is 0 Å². The van der Waals surface area contributed by atoms with E-state index in [0.717, 1.165) is 16.3 Å². The highest BCUT2D eigenvalue weighted by Gasteiger charge is 2.17. The van der Waals surface area contributed by atoms with Crippen molar-refractivity contribution in [3.63, 3.8) is 0 Å². The number of carbonyl (C=O) groups is 2. The molecule has 1 unspecified atom stereocenters. The van der Waals surface area contributed by atoms with Crippen LogP contribution in [0.1, 0.15) is 28.9 Å². The number of nitrogens with one attached hydrogen (secondary N) is 1. The molecule has 1 atom stereocenters. The van der Waals surface area contributed by atoms with Crippen molar-refractivity contribution in [3.8, 4) is 11.5 Å². The van der Waals surface area contributed by atoms with Crippen LogP contribution in [-0.4, -0.2) is 30.7 Å². The average molecular weight is 379 g/mol. The quantitative estimate of drug-likeness (QED) is 0.640. The average Bonchev–Trinajstić information content (AvgIpc) is 2.71.